The van der Waals surface area contributed by atoms with Gasteiger partial charge in [0.2, 0.25) is 15.9 Å². The van der Waals surface area contributed by atoms with Gasteiger partial charge in [-0.05, 0) is 38.3 Å². The van der Waals surface area contributed by atoms with Crippen LogP contribution in [0.25, 0.3) is 11.6 Å². The number of benzene rings is 1. The van der Waals surface area contributed by atoms with Gasteiger partial charge in [0.05, 0.1) is 0 Å². The highest BCUT2D eigenvalue weighted by atomic mass is 32.2. The zero-order chi connectivity index (χ0) is 19.2. The molecular formula is C18H19FN4O3S. The molecule has 0 radical (unpaired) electrons. The molecular weight excluding hydrogens is 371 g/mol. The van der Waals surface area contributed by atoms with Gasteiger partial charge >= 0.3 is 0 Å². The highest BCUT2D eigenvalue weighted by Gasteiger charge is 2.31. The van der Waals surface area contributed by atoms with E-state index in [-0.39, 0.29) is 22.9 Å². The highest BCUT2D eigenvalue weighted by molar-refractivity contribution is 7.89. The molecule has 2 heterocycles. The summed E-state index contributed by atoms with van der Waals surface area (Å²) in [6, 6.07) is 6.05. The van der Waals surface area contributed by atoms with E-state index in [1.165, 1.54) is 12.1 Å². The van der Waals surface area contributed by atoms with Gasteiger partial charge in [-0.2, -0.15) is 0 Å². The summed E-state index contributed by atoms with van der Waals surface area (Å²) in [5.41, 5.74) is 1.70. The lowest BCUT2D eigenvalue weighted by Crippen LogP contribution is -2.24. The summed E-state index contributed by atoms with van der Waals surface area (Å²) < 4.78 is 47.5. The van der Waals surface area contributed by atoms with Gasteiger partial charge in [-0.15, -0.1) is 10.2 Å². The number of sulfonamides is 1. The van der Waals surface area contributed by atoms with Crippen LogP contribution in [-0.2, 0) is 16.6 Å². The van der Waals surface area contributed by atoms with Crippen molar-refractivity contribution in [1.29, 1.82) is 0 Å². The Morgan fingerprint density at radius 3 is 2.70 bits per heavy atom. The van der Waals surface area contributed by atoms with Crippen molar-refractivity contribution in [2.45, 2.75) is 44.0 Å². The Balaban J connectivity index is 1.62. The first kappa shape index (κ1) is 17.9. The number of nitrogens with zero attached hydrogens (tertiary/aromatic N) is 2. The van der Waals surface area contributed by atoms with Crippen molar-refractivity contribution in [3.05, 3.63) is 52.8 Å². The average molecular weight is 390 g/mol. The fraction of sp³-hybridized carbons (Fsp3) is 0.333. The first-order chi connectivity index (χ1) is 12.9. The predicted octanol–water partition coefficient (Wildman–Crippen LogP) is 3.18. The summed E-state index contributed by atoms with van der Waals surface area (Å²) in [6.07, 6.45) is 2.06. The summed E-state index contributed by atoms with van der Waals surface area (Å²) in [7, 11) is -3.86. The van der Waals surface area contributed by atoms with Gasteiger partial charge in [0.15, 0.2) is 0 Å². The molecule has 1 aliphatic rings. The first-order valence-electron chi connectivity index (χ1n) is 8.63. The summed E-state index contributed by atoms with van der Waals surface area (Å²) >= 11 is 0. The van der Waals surface area contributed by atoms with Gasteiger partial charge in [0, 0.05) is 23.7 Å². The second kappa shape index (κ2) is 6.58. The van der Waals surface area contributed by atoms with Crippen molar-refractivity contribution >= 4 is 10.0 Å². The van der Waals surface area contributed by atoms with E-state index in [1.54, 1.807) is 26.0 Å². The van der Waals surface area contributed by atoms with Gasteiger partial charge in [-0.25, -0.2) is 17.5 Å². The Labute approximate surface area is 156 Å². The largest absolute Gasteiger partial charge is 0.419 e. The minimum Gasteiger partial charge on any atom is -0.419 e. The van der Waals surface area contributed by atoms with Crippen LogP contribution in [0.2, 0.25) is 0 Å². The molecule has 9 heteroatoms. The molecule has 7 nitrogen and oxygen atoms in total. The third-order valence-corrected chi connectivity index (χ3v) is 6.30. The first-order valence-corrected chi connectivity index (χ1v) is 10.1. The summed E-state index contributed by atoms with van der Waals surface area (Å²) in [6.45, 7) is 3.20. The molecule has 3 aromatic rings. The Bertz CT molecular complexity index is 1100. The van der Waals surface area contributed by atoms with Crippen LogP contribution in [0.1, 0.15) is 41.5 Å². The molecule has 0 amide bonds. The number of hydrogen-bond acceptors (Lipinski definition) is 5. The molecule has 0 atom stereocenters. The molecule has 0 bridgehead atoms. The normalized spacial score (nSPS) is 14.6. The maximum absolute atomic E-state index is 13.8. The lowest BCUT2D eigenvalue weighted by atomic mass is 10.2. The fourth-order valence-corrected chi connectivity index (χ4v) is 4.52. The Morgan fingerprint density at radius 1 is 1.26 bits per heavy atom. The molecule has 2 N–H and O–H groups in total. The summed E-state index contributed by atoms with van der Waals surface area (Å²) in [4.78, 5) is 3.14. The van der Waals surface area contributed by atoms with E-state index in [2.05, 4.69) is 19.9 Å². The van der Waals surface area contributed by atoms with Crippen molar-refractivity contribution < 1.29 is 17.2 Å². The van der Waals surface area contributed by atoms with Gasteiger partial charge in [0.25, 0.3) is 5.89 Å². The van der Waals surface area contributed by atoms with Crippen LogP contribution in [0.3, 0.4) is 0 Å². The van der Waals surface area contributed by atoms with Crippen LogP contribution >= 0.6 is 0 Å². The number of hydrogen-bond donors (Lipinski definition) is 2. The topological polar surface area (TPSA) is 101 Å². The predicted molar refractivity (Wildman–Crippen MR) is 96.0 cm³/mol. The third kappa shape index (κ3) is 3.40. The van der Waals surface area contributed by atoms with E-state index < -0.39 is 15.8 Å². The maximum Gasteiger partial charge on any atom is 0.264 e. The molecule has 1 saturated carbocycles. The minimum absolute atomic E-state index is 0.111. The van der Waals surface area contributed by atoms with E-state index in [1.807, 2.05) is 0 Å². The molecule has 27 heavy (non-hydrogen) atoms. The Morgan fingerprint density at radius 2 is 2.00 bits per heavy atom. The van der Waals surface area contributed by atoms with Gasteiger partial charge in [-0.1, -0.05) is 18.2 Å². The lowest BCUT2D eigenvalue weighted by Gasteiger charge is -2.08. The molecule has 4 rings (SSSR count). The molecule has 0 aliphatic heterocycles. The molecule has 2 aromatic heterocycles. The van der Waals surface area contributed by atoms with E-state index >= 15 is 0 Å². The van der Waals surface area contributed by atoms with Crippen LogP contribution in [0.5, 0.6) is 0 Å². The van der Waals surface area contributed by atoms with Gasteiger partial charge in [0.1, 0.15) is 16.4 Å². The summed E-state index contributed by atoms with van der Waals surface area (Å²) in [5.74, 6) is 0.710. The standard InChI is InChI=1S/C18H19FN4O3S/c1-10-15(18-23-22-17(26-18)12-7-8-12)21-11(2)16(10)27(24,25)20-9-13-5-3-4-6-14(13)19/h3-6,12,20-21H,7-9H2,1-2H3. The molecule has 1 fully saturated rings. The number of aromatic nitrogens is 3. The zero-order valence-electron chi connectivity index (χ0n) is 14.9. The SMILES string of the molecule is Cc1[nH]c(-c2nnc(C3CC3)o2)c(C)c1S(=O)(=O)NCc1ccccc1F. The number of nitrogens with one attached hydrogen (secondary N) is 2. The van der Waals surface area contributed by atoms with E-state index in [0.717, 1.165) is 12.8 Å². The van der Waals surface area contributed by atoms with Crippen LogP contribution < -0.4 is 4.72 Å². The minimum atomic E-state index is -3.86. The molecule has 0 unspecified atom stereocenters. The molecule has 0 spiro atoms. The van der Waals surface area contributed by atoms with Crippen molar-refractivity contribution in [2.24, 2.45) is 0 Å². The lowest BCUT2D eigenvalue weighted by molar-refractivity contribution is 0.507. The van der Waals surface area contributed by atoms with Gasteiger partial charge in [-0.3, -0.25) is 0 Å². The van der Waals surface area contributed by atoms with Crippen molar-refractivity contribution in [3.63, 3.8) is 0 Å². The zero-order valence-corrected chi connectivity index (χ0v) is 15.7. The van der Waals surface area contributed by atoms with Crippen LogP contribution in [0, 0.1) is 19.7 Å². The monoisotopic (exact) mass is 390 g/mol. The molecule has 0 saturated heterocycles. The van der Waals surface area contributed by atoms with E-state index in [9.17, 15) is 12.8 Å². The number of aromatic amines is 1. The Kier molecular flexibility index (Phi) is 4.35. The smallest absolute Gasteiger partial charge is 0.264 e. The molecule has 1 aromatic carbocycles. The number of H-pyrrole nitrogens is 1. The number of aryl methyl sites for hydroxylation is 1. The van der Waals surface area contributed by atoms with E-state index in [0.29, 0.717) is 28.8 Å². The number of rotatable bonds is 6. The molecule has 1 aliphatic carbocycles. The maximum atomic E-state index is 13.8. The Hall–Kier alpha value is -2.52. The third-order valence-electron chi connectivity index (χ3n) is 4.63. The quantitative estimate of drug-likeness (QED) is 0.673. The van der Waals surface area contributed by atoms with Crippen LogP contribution in [0.15, 0.2) is 33.6 Å². The summed E-state index contributed by atoms with van der Waals surface area (Å²) in [5, 5.41) is 8.08. The fourth-order valence-electron chi connectivity index (χ4n) is 3.07. The second-order valence-electron chi connectivity index (χ2n) is 6.71. The van der Waals surface area contributed by atoms with Crippen molar-refractivity contribution in [2.75, 3.05) is 0 Å². The van der Waals surface area contributed by atoms with Crippen molar-refractivity contribution in [3.8, 4) is 11.6 Å². The van der Waals surface area contributed by atoms with Gasteiger partial charge < -0.3 is 9.40 Å². The van der Waals surface area contributed by atoms with Crippen LogP contribution in [0.4, 0.5) is 4.39 Å². The van der Waals surface area contributed by atoms with Crippen molar-refractivity contribution in [1.82, 2.24) is 19.9 Å². The van der Waals surface area contributed by atoms with Crippen LogP contribution in [-0.4, -0.2) is 23.6 Å². The average Bonchev–Trinajstić information content (AvgIpc) is 3.27. The number of halogens is 1. The molecule has 142 valence electrons. The highest BCUT2D eigenvalue weighted by Crippen LogP contribution is 2.40. The van der Waals surface area contributed by atoms with E-state index in [4.69, 9.17) is 4.42 Å². The second-order valence-corrected chi connectivity index (χ2v) is 8.42.